The van der Waals surface area contributed by atoms with E-state index < -0.39 is 5.91 Å². The van der Waals surface area contributed by atoms with Gasteiger partial charge >= 0.3 is 0 Å². The third-order valence-corrected chi connectivity index (χ3v) is 2.74. The Balaban J connectivity index is 2.17. The fourth-order valence-electron chi connectivity index (χ4n) is 1.65. The highest BCUT2D eigenvalue weighted by Crippen LogP contribution is 2.15. The van der Waals surface area contributed by atoms with Gasteiger partial charge in [0, 0.05) is 11.4 Å². The van der Waals surface area contributed by atoms with E-state index in [1.165, 1.54) is 18.2 Å². The number of carbonyl (C=O) groups is 1. The largest absolute Gasteiger partial charge is 0.508 e. The van der Waals surface area contributed by atoms with Crippen LogP contribution in [0.4, 0.5) is 11.4 Å². The van der Waals surface area contributed by atoms with Crippen molar-refractivity contribution in [3.63, 3.8) is 0 Å². The lowest BCUT2D eigenvalue weighted by Gasteiger charge is -2.04. The van der Waals surface area contributed by atoms with Gasteiger partial charge in [0.2, 0.25) is 0 Å². The number of benzene rings is 2. The SMILES string of the molecule is N#C/C(=C\c1ccc(O)cc1)C(=O)Nc1ccc(N)cc1. The van der Waals surface area contributed by atoms with Crippen LogP contribution in [0.1, 0.15) is 5.56 Å². The minimum atomic E-state index is -0.504. The molecule has 0 atom stereocenters. The van der Waals surface area contributed by atoms with Crippen molar-refractivity contribution in [3.8, 4) is 11.8 Å². The molecule has 5 heteroatoms. The minimum absolute atomic E-state index is 0.0301. The number of rotatable bonds is 3. The molecule has 0 heterocycles. The van der Waals surface area contributed by atoms with Crippen LogP contribution in [0.15, 0.2) is 54.1 Å². The molecule has 2 rings (SSSR count). The summed E-state index contributed by atoms with van der Waals surface area (Å²) >= 11 is 0. The summed E-state index contributed by atoms with van der Waals surface area (Å²) in [5, 5.41) is 20.9. The van der Waals surface area contributed by atoms with Crippen molar-refractivity contribution < 1.29 is 9.90 Å². The first-order chi connectivity index (χ1) is 10.1. The zero-order chi connectivity index (χ0) is 15.2. The van der Waals surface area contributed by atoms with Crippen LogP contribution in [-0.4, -0.2) is 11.0 Å². The predicted octanol–water partition coefficient (Wildman–Crippen LogP) is 2.52. The molecule has 4 N–H and O–H groups in total. The Morgan fingerprint density at radius 1 is 1.14 bits per heavy atom. The lowest BCUT2D eigenvalue weighted by atomic mass is 10.1. The molecule has 5 nitrogen and oxygen atoms in total. The minimum Gasteiger partial charge on any atom is -0.508 e. The first-order valence-corrected chi connectivity index (χ1v) is 6.16. The van der Waals surface area contributed by atoms with Gasteiger partial charge in [0.15, 0.2) is 0 Å². The summed E-state index contributed by atoms with van der Waals surface area (Å²) in [6.45, 7) is 0. The zero-order valence-electron chi connectivity index (χ0n) is 11.1. The molecule has 0 spiro atoms. The third-order valence-electron chi connectivity index (χ3n) is 2.74. The number of nitrogen functional groups attached to an aromatic ring is 1. The number of carbonyl (C=O) groups excluding carboxylic acids is 1. The number of amides is 1. The van der Waals surface area contributed by atoms with E-state index in [-0.39, 0.29) is 11.3 Å². The fourth-order valence-corrected chi connectivity index (χ4v) is 1.65. The van der Waals surface area contributed by atoms with E-state index in [1.807, 2.05) is 6.07 Å². The van der Waals surface area contributed by atoms with Crippen molar-refractivity contribution in [2.75, 3.05) is 11.1 Å². The zero-order valence-corrected chi connectivity index (χ0v) is 11.1. The number of phenols is 1. The standard InChI is InChI=1S/C16H13N3O2/c17-10-12(9-11-1-7-15(20)8-2-11)16(21)19-14-5-3-13(18)4-6-14/h1-9,20H,18H2,(H,19,21)/b12-9+. The van der Waals surface area contributed by atoms with E-state index >= 15 is 0 Å². The monoisotopic (exact) mass is 279 g/mol. The van der Waals surface area contributed by atoms with E-state index in [1.54, 1.807) is 36.4 Å². The Bertz CT molecular complexity index is 711. The van der Waals surface area contributed by atoms with Crippen molar-refractivity contribution in [1.82, 2.24) is 0 Å². The first kappa shape index (κ1) is 14.2. The predicted molar refractivity (Wildman–Crippen MR) is 81.2 cm³/mol. The molecule has 1 amide bonds. The topological polar surface area (TPSA) is 99.1 Å². The molecule has 0 radical (unpaired) electrons. The average Bonchev–Trinajstić information content (AvgIpc) is 2.49. The Hall–Kier alpha value is -3.26. The van der Waals surface area contributed by atoms with Crippen LogP contribution in [0, 0.1) is 11.3 Å². The summed E-state index contributed by atoms with van der Waals surface area (Å²) in [4.78, 5) is 12.0. The van der Waals surface area contributed by atoms with Gasteiger partial charge in [-0.25, -0.2) is 0 Å². The molecule has 0 bridgehead atoms. The fraction of sp³-hybridized carbons (Fsp3) is 0. The Labute approximate surface area is 121 Å². The number of hydrogen-bond donors (Lipinski definition) is 3. The first-order valence-electron chi connectivity index (χ1n) is 6.16. The number of nitrogens with one attached hydrogen (secondary N) is 1. The van der Waals surface area contributed by atoms with Crippen LogP contribution in [-0.2, 0) is 4.79 Å². The van der Waals surface area contributed by atoms with Crippen LogP contribution < -0.4 is 11.1 Å². The summed E-state index contributed by atoms with van der Waals surface area (Å²) < 4.78 is 0. The second-order valence-corrected chi connectivity index (χ2v) is 4.34. The van der Waals surface area contributed by atoms with Gasteiger partial charge in [0.25, 0.3) is 5.91 Å². The van der Waals surface area contributed by atoms with E-state index in [9.17, 15) is 9.90 Å². The number of aromatic hydroxyl groups is 1. The Morgan fingerprint density at radius 3 is 2.33 bits per heavy atom. The molecule has 0 fully saturated rings. The molecule has 104 valence electrons. The maximum absolute atomic E-state index is 12.0. The van der Waals surface area contributed by atoms with Crippen molar-refractivity contribution in [2.24, 2.45) is 0 Å². The normalized spacial score (nSPS) is 10.7. The summed E-state index contributed by atoms with van der Waals surface area (Å²) in [6.07, 6.45) is 1.45. The van der Waals surface area contributed by atoms with E-state index in [2.05, 4.69) is 5.32 Å². The Kier molecular flexibility index (Phi) is 4.22. The van der Waals surface area contributed by atoms with Crippen molar-refractivity contribution in [2.45, 2.75) is 0 Å². The van der Waals surface area contributed by atoms with E-state index in [0.29, 0.717) is 16.9 Å². The number of nitrogens with two attached hydrogens (primary N) is 1. The smallest absolute Gasteiger partial charge is 0.266 e. The Morgan fingerprint density at radius 2 is 1.76 bits per heavy atom. The van der Waals surface area contributed by atoms with Crippen molar-refractivity contribution in [1.29, 1.82) is 5.26 Å². The van der Waals surface area contributed by atoms with Gasteiger partial charge < -0.3 is 16.2 Å². The van der Waals surface area contributed by atoms with Crippen molar-refractivity contribution >= 4 is 23.4 Å². The van der Waals surface area contributed by atoms with Gasteiger partial charge in [-0.2, -0.15) is 5.26 Å². The highest BCUT2D eigenvalue weighted by atomic mass is 16.3. The highest BCUT2D eigenvalue weighted by molar-refractivity contribution is 6.09. The molecular weight excluding hydrogens is 266 g/mol. The molecule has 0 aliphatic rings. The third kappa shape index (κ3) is 3.85. The number of nitriles is 1. The molecular formula is C16H13N3O2. The van der Waals surface area contributed by atoms with Gasteiger partial charge in [0.05, 0.1) is 0 Å². The van der Waals surface area contributed by atoms with Gasteiger partial charge in [-0.05, 0) is 48.0 Å². The highest BCUT2D eigenvalue weighted by Gasteiger charge is 2.09. The van der Waals surface area contributed by atoms with Gasteiger partial charge in [0.1, 0.15) is 17.4 Å². The molecule has 0 aliphatic heterocycles. The van der Waals surface area contributed by atoms with E-state index in [0.717, 1.165) is 0 Å². The average molecular weight is 279 g/mol. The summed E-state index contributed by atoms with van der Waals surface area (Å²) in [6, 6.07) is 14.7. The molecule has 0 unspecified atom stereocenters. The number of hydrogen-bond acceptors (Lipinski definition) is 4. The summed E-state index contributed by atoms with van der Waals surface area (Å²) in [5.41, 5.74) is 7.33. The molecule has 2 aromatic rings. The lowest BCUT2D eigenvalue weighted by molar-refractivity contribution is -0.112. The molecule has 0 aromatic heterocycles. The lowest BCUT2D eigenvalue weighted by Crippen LogP contribution is -2.13. The molecule has 2 aromatic carbocycles. The molecule has 0 saturated heterocycles. The van der Waals surface area contributed by atoms with Crippen LogP contribution >= 0.6 is 0 Å². The van der Waals surface area contributed by atoms with E-state index in [4.69, 9.17) is 11.0 Å². The van der Waals surface area contributed by atoms with Crippen LogP contribution in [0.25, 0.3) is 6.08 Å². The number of nitrogens with zero attached hydrogens (tertiary/aromatic N) is 1. The summed E-state index contributed by atoms with van der Waals surface area (Å²) in [7, 11) is 0. The quantitative estimate of drug-likeness (QED) is 0.456. The maximum atomic E-state index is 12.0. The second-order valence-electron chi connectivity index (χ2n) is 4.34. The van der Waals surface area contributed by atoms with Crippen LogP contribution in [0.2, 0.25) is 0 Å². The molecule has 0 saturated carbocycles. The number of phenolic OH excluding ortho intramolecular Hbond substituents is 1. The van der Waals surface area contributed by atoms with Crippen LogP contribution in [0.5, 0.6) is 5.75 Å². The van der Waals surface area contributed by atoms with Crippen LogP contribution in [0.3, 0.4) is 0 Å². The van der Waals surface area contributed by atoms with Gasteiger partial charge in [-0.1, -0.05) is 12.1 Å². The summed E-state index contributed by atoms with van der Waals surface area (Å²) in [5.74, 6) is -0.382. The molecule has 0 aliphatic carbocycles. The maximum Gasteiger partial charge on any atom is 0.266 e. The molecule has 21 heavy (non-hydrogen) atoms. The van der Waals surface area contributed by atoms with Gasteiger partial charge in [-0.3, -0.25) is 4.79 Å². The number of anilines is 2. The van der Waals surface area contributed by atoms with Gasteiger partial charge in [-0.15, -0.1) is 0 Å². The second kappa shape index (κ2) is 6.26. The van der Waals surface area contributed by atoms with Crippen molar-refractivity contribution in [3.05, 3.63) is 59.7 Å².